The molecule has 1 unspecified atom stereocenters. The molecule has 1 amide bonds. The number of rotatable bonds is 7. The Morgan fingerprint density at radius 1 is 1.06 bits per heavy atom. The Labute approximate surface area is 206 Å². The highest BCUT2D eigenvalue weighted by Gasteiger charge is 2.47. The lowest BCUT2D eigenvalue weighted by Gasteiger charge is -2.31. The summed E-state index contributed by atoms with van der Waals surface area (Å²) in [5.74, 6) is -0.717. The number of benzene rings is 2. The van der Waals surface area contributed by atoms with Crippen molar-refractivity contribution < 1.29 is 28.9 Å². The SMILES string of the molecule is COc1cccc(C2/C(=C(\O)c3ccc(Br)cc3)C(=O)C(=O)N2CCN2CCOCC2)c1OC. The molecule has 2 aliphatic rings. The number of carbonyl (C=O) groups excluding carboxylic acids is 2. The Balaban J connectivity index is 1.81. The zero-order valence-corrected chi connectivity index (χ0v) is 20.7. The van der Waals surface area contributed by atoms with Crippen LogP contribution in [0.15, 0.2) is 52.5 Å². The third-order valence-corrected chi connectivity index (χ3v) is 6.68. The fourth-order valence-electron chi connectivity index (χ4n) is 4.40. The molecule has 0 aromatic heterocycles. The van der Waals surface area contributed by atoms with E-state index in [1.807, 2.05) is 0 Å². The molecule has 34 heavy (non-hydrogen) atoms. The number of methoxy groups -OCH3 is 2. The van der Waals surface area contributed by atoms with Crippen LogP contribution in [0.1, 0.15) is 17.2 Å². The highest BCUT2D eigenvalue weighted by Crippen LogP contribution is 2.45. The van der Waals surface area contributed by atoms with Gasteiger partial charge in [-0.3, -0.25) is 14.5 Å². The first-order valence-corrected chi connectivity index (χ1v) is 11.8. The number of halogens is 1. The normalized spacial score (nSPS) is 20.6. The molecule has 2 aromatic carbocycles. The van der Waals surface area contributed by atoms with Crippen molar-refractivity contribution in [3.63, 3.8) is 0 Å². The number of morpholine rings is 1. The summed E-state index contributed by atoms with van der Waals surface area (Å²) in [5.41, 5.74) is 1.05. The number of hydrogen-bond acceptors (Lipinski definition) is 7. The van der Waals surface area contributed by atoms with Crippen LogP contribution in [0.5, 0.6) is 11.5 Å². The van der Waals surface area contributed by atoms with E-state index in [9.17, 15) is 14.7 Å². The van der Waals surface area contributed by atoms with Gasteiger partial charge >= 0.3 is 0 Å². The highest BCUT2D eigenvalue weighted by molar-refractivity contribution is 9.10. The Bertz CT molecular complexity index is 1100. The lowest BCUT2D eigenvalue weighted by molar-refractivity contribution is -0.140. The molecule has 1 N–H and O–H groups in total. The molecule has 0 aliphatic carbocycles. The molecule has 2 aromatic rings. The van der Waals surface area contributed by atoms with Crippen molar-refractivity contribution in [3.8, 4) is 11.5 Å². The minimum atomic E-state index is -0.824. The molecule has 0 spiro atoms. The Morgan fingerprint density at radius 2 is 1.76 bits per heavy atom. The summed E-state index contributed by atoms with van der Waals surface area (Å²) in [7, 11) is 3.04. The third kappa shape index (κ3) is 4.68. The van der Waals surface area contributed by atoms with Gasteiger partial charge in [0.15, 0.2) is 11.5 Å². The Hall–Kier alpha value is -2.88. The average molecular weight is 531 g/mol. The van der Waals surface area contributed by atoms with E-state index >= 15 is 0 Å². The van der Waals surface area contributed by atoms with Crippen LogP contribution in [0.2, 0.25) is 0 Å². The molecule has 4 rings (SSSR count). The third-order valence-electron chi connectivity index (χ3n) is 6.15. The number of carbonyl (C=O) groups is 2. The molecule has 1 atom stereocenters. The van der Waals surface area contributed by atoms with Crippen LogP contribution >= 0.6 is 15.9 Å². The zero-order chi connectivity index (χ0) is 24.2. The molecule has 9 heteroatoms. The van der Waals surface area contributed by atoms with E-state index in [2.05, 4.69) is 20.8 Å². The number of para-hydroxylation sites is 1. The summed E-state index contributed by atoms with van der Waals surface area (Å²) in [6.07, 6.45) is 0. The zero-order valence-electron chi connectivity index (χ0n) is 19.1. The number of aliphatic hydroxyl groups is 1. The first kappa shape index (κ1) is 24.3. The molecule has 8 nitrogen and oxygen atoms in total. The Kier molecular flexibility index (Phi) is 7.55. The van der Waals surface area contributed by atoms with Gasteiger partial charge in [-0.25, -0.2) is 0 Å². The summed E-state index contributed by atoms with van der Waals surface area (Å²) in [4.78, 5) is 30.2. The second-order valence-corrected chi connectivity index (χ2v) is 8.95. The highest BCUT2D eigenvalue weighted by atomic mass is 79.9. The van der Waals surface area contributed by atoms with Crippen LogP contribution in [0.4, 0.5) is 0 Å². The van der Waals surface area contributed by atoms with E-state index in [-0.39, 0.29) is 11.3 Å². The van der Waals surface area contributed by atoms with Crippen molar-refractivity contribution in [2.24, 2.45) is 0 Å². The van der Waals surface area contributed by atoms with E-state index < -0.39 is 17.7 Å². The molecular formula is C25H27BrN2O6. The van der Waals surface area contributed by atoms with Gasteiger partial charge < -0.3 is 24.2 Å². The van der Waals surface area contributed by atoms with Gasteiger partial charge in [0.05, 0.1) is 39.0 Å². The molecule has 2 aliphatic heterocycles. The summed E-state index contributed by atoms with van der Waals surface area (Å²) in [6, 6.07) is 11.4. The number of amides is 1. The van der Waals surface area contributed by atoms with Crippen LogP contribution in [-0.2, 0) is 14.3 Å². The van der Waals surface area contributed by atoms with Crippen LogP contribution < -0.4 is 9.47 Å². The number of ether oxygens (including phenoxy) is 3. The minimum Gasteiger partial charge on any atom is -0.507 e. The van der Waals surface area contributed by atoms with Gasteiger partial charge in [0, 0.05) is 41.8 Å². The second kappa shape index (κ2) is 10.6. The van der Waals surface area contributed by atoms with E-state index in [0.717, 1.165) is 17.6 Å². The number of Topliss-reactive ketones (excluding diaryl/α,β-unsaturated/α-hetero) is 1. The molecule has 0 bridgehead atoms. The molecule has 2 saturated heterocycles. The number of hydrogen-bond donors (Lipinski definition) is 1. The van der Waals surface area contributed by atoms with Crippen LogP contribution in [0.25, 0.3) is 5.76 Å². The van der Waals surface area contributed by atoms with E-state index in [4.69, 9.17) is 14.2 Å². The van der Waals surface area contributed by atoms with Gasteiger partial charge in [-0.15, -0.1) is 0 Å². The lowest BCUT2D eigenvalue weighted by atomic mass is 9.94. The number of ketones is 1. The summed E-state index contributed by atoms with van der Waals surface area (Å²) in [6.45, 7) is 3.68. The number of likely N-dealkylation sites (tertiary alicyclic amines) is 1. The van der Waals surface area contributed by atoms with Gasteiger partial charge in [-0.2, -0.15) is 0 Å². The van der Waals surface area contributed by atoms with Crippen molar-refractivity contribution in [3.05, 3.63) is 63.6 Å². The largest absolute Gasteiger partial charge is 0.507 e. The van der Waals surface area contributed by atoms with Gasteiger partial charge in [0.25, 0.3) is 11.7 Å². The molecule has 180 valence electrons. The fourth-order valence-corrected chi connectivity index (χ4v) is 4.66. The maximum atomic E-state index is 13.3. The van der Waals surface area contributed by atoms with Crippen LogP contribution in [0.3, 0.4) is 0 Å². The van der Waals surface area contributed by atoms with Crippen molar-refractivity contribution in [2.45, 2.75) is 6.04 Å². The number of nitrogens with zero attached hydrogens (tertiary/aromatic N) is 2. The maximum Gasteiger partial charge on any atom is 0.295 e. The summed E-state index contributed by atoms with van der Waals surface area (Å²) < 4.78 is 17.3. The van der Waals surface area contributed by atoms with Crippen LogP contribution in [-0.4, -0.2) is 80.2 Å². The second-order valence-electron chi connectivity index (χ2n) is 8.04. The quantitative estimate of drug-likeness (QED) is 0.334. The van der Waals surface area contributed by atoms with Crippen LogP contribution in [0, 0.1) is 0 Å². The average Bonchev–Trinajstić information content (AvgIpc) is 3.12. The first-order chi connectivity index (χ1) is 16.5. The fraction of sp³-hybridized carbons (Fsp3) is 0.360. The predicted octanol–water partition coefficient (Wildman–Crippen LogP) is 3.22. The lowest BCUT2D eigenvalue weighted by Crippen LogP contribution is -2.42. The van der Waals surface area contributed by atoms with Gasteiger partial charge in [-0.05, 0) is 18.2 Å². The topological polar surface area (TPSA) is 88.5 Å². The van der Waals surface area contributed by atoms with Crippen molar-refractivity contribution in [1.29, 1.82) is 0 Å². The van der Waals surface area contributed by atoms with Crippen molar-refractivity contribution in [1.82, 2.24) is 9.80 Å². The maximum absolute atomic E-state index is 13.3. The summed E-state index contributed by atoms with van der Waals surface area (Å²) >= 11 is 3.38. The summed E-state index contributed by atoms with van der Waals surface area (Å²) in [5, 5.41) is 11.2. The van der Waals surface area contributed by atoms with E-state index in [0.29, 0.717) is 48.9 Å². The van der Waals surface area contributed by atoms with E-state index in [1.54, 1.807) is 42.5 Å². The molecule has 0 saturated carbocycles. The number of aliphatic hydroxyl groups excluding tert-OH is 1. The minimum absolute atomic E-state index is 0.0286. The first-order valence-electron chi connectivity index (χ1n) is 11.0. The monoisotopic (exact) mass is 530 g/mol. The molecular weight excluding hydrogens is 504 g/mol. The van der Waals surface area contributed by atoms with Crippen molar-refractivity contribution >= 4 is 33.4 Å². The smallest absolute Gasteiger partial charge is 0.295 e. The predicted molar refractivity (Wildman–Crippen MR) is 130 cm³/mol. The molecule has 0 radical (unpaired) electrons. The van der Waals surface area contributed by atoms with Gasteiger partial charge in [0.1, 0.15) is 5.76 Å². The Morgan fingerprint density at radius 3 is 2.41 bits per heavy atom. The van der Waals surface area contributed by atoms with E-state index in [1.165, 1.54) is 19.1 Å². The molecule has 2 fully saturated rings. The molecule has 2 heterocycles. The van der Waals surface area contributed by atoms with Gasteiger partial charge in [0.2, 0.25) is 0 Å². The van der Waals surface area contributed by atoms with Gasteiger partial charge in [-0.1, -0.05) is 40.2 Å². The van der Waals surface area contributed by atoms with Crippen molar-refractivity contribution in [2.75, 3.05) is 53.6 Å². The standard InChI is InChI=1S/C25H27BrN2O6/c1-32-19-5-3-4-18(24(19)33-2)21-20(22(29)16-6-8-17(26)9-7-16)23(30)25(31)28(21)11-10-27-12-14-34-15-13-27/h3-9,21,29H,10-15H2,1-2H3/b22-20+.